The molecule has 2 aromatic heterocycles. The highest BCUT2D eigenvalue weighted by atomic mass is 16.3. The molecule has 0 unspecified atom stereocenters. The normalized spacial score (nSPS) is 14.4. The lowest BCUT2D eigenvalue weighted by Crippen LogP contribution is -2.00. The second-order valence-corrected chi connectivity index (χ2v) is 10.9. The van der Waals surface area contributed by atoms with Crippen LogP contribution < -0.4 is 0 Å². The smallest absolute Gasteiger partial charge is 0.164 e. The minimum absolute atomic E-state index is 0.0693. The average molecular weight is 612 g/mol. The van der Waals surface area contributed by atoms with E-state index in [-0.39, 0.29) is 40.7 Å². The molecule has 9 rings (SSSR count). The van der Waals surface area contributed by atoms with Gasteiger partial charge in [-0.25, -0.2) is 15.0 Å². The minimum atomic E-state index is -0.539. The second-order valence-electron chi connectivity index (χ2n) is 10.9. The molecule has 0 aliphatic carbocycles. The zero-order chi connectivity index (χ0) is 39.9. The summed E-state index contributed by atoms with van der Waals surface area (Å²) in [4.78, 5) is 14.3. The van der Waals surface area contributed by atoms with Crippen molar-refractivity contribution in [3.05, 3.63) is 164 Å². The molecule has 2 heterocycles. The van der Waals surface area contributed by atoms with Gasteiger partial charge < -0.3 is 4.42 Å². The Morgan fingerprint density at radius 1 is 0.426 bits per heavy atom. The van der Waals surface area contributed by atoms with Gasteiger partial charge in [0, 0.05) is 27.5 Å². The summed E-state index contributed by atoms with van der Waals surface area (Å²) in [5.41, 5.74) is 4.87. The molecule has 0 aliphatic rings. The van der Waals surface area contributed by atoms with Crippen LogP contribution in [0.3, 0.4) is 0 Å². The number of rotatable bonds is 5. The lowest BCUT2D eigenvalue weighted by atomic mass is 9.98. The fourth-order valence-electron chi connectivity index (χ4n) is 5.94. The summed E-state index contributed by atoms with van der Waals surface area (Å²) in [6, 6.07) is 27.4. The maximum absolute atomic E-state index is 8.72. The van der Waals surface area contributed by atoms with Crippen LogP contribution in [-0.4, -0.2) is 15.0 Å². The van der Waals surface area contributed by atoms with Crippen LogP contribution >= 0.6 is 0 Å². The molecule has 7 aromatic carbocycles. The summed E-state index contributed by atoms with van der Waals surface area (Å²) in [5.74, 6) is 0.258. The first-order chi connectivity index (χ1) is 27.4. The Kier molecular flexibility index (Phi) is 4.42. The molecule has 4 nitrogen and oxygen atoms in total. The van der Waals surface area contributed by atoms with Gasteiger partial charge in [-0.1, -0.05) is 145 Å². The molecule has 47 heavy (non-hydrogen) atoms. The molecule has 0 amide bonds. The summed E-state index contributed by atoms with van der Waals surface area (Å²) in [7, 11) is 0. The van der Waals surface area contributed by atoms with Crippen molar-refractivity contribution < 1.29 is 18.1 Å². The molecular formula is C43H27N3O. The number of para-hydroxylation sites is 1. The molecule has 220 valence electrons. The molecular weight excluding hydrogens is 574 g/mol. The molecule has 0 saturated carbocycles. The van der Waals surface area contributed by atoms with E-state index in [2.05, 4.69) is 0 Å². The van der Waals surface area contributed by atoms with Crippen LogP contribution in [0.4, 0.5) is 0 Å². The Labute approximate surface area is 285 Å². The van der Waals surface area contributed by atoms with Crippen LogP contribution in [0.15, 0.2) is 168 Å². The van der Waals surface area contributed by atoms with E-state index in [1.165, 1.54) is 0 Å². The van der Waals surface area contributed by atoms with Crippen LogP contribution in [0, 0.1) is 0 Å². The van der Waals surface area contributed by atoms with Gasteiger partial charge >= 0.3 is 0 Å². The summed E-state index contributed by atoms with van der Waals surface area (Å²) >= 11 is 0. The molecule has 0 atom stereocenters. The molecule has 4 heteroatoms. The standard InChI is InChI=1S/C43H27N3O/c1-3-11-28(12-4-1)32-25-26-34-33(27-32)15-9-18-36(34)43-45-41(30-13-5-2-6-14-30)44-42(46-43)31-23-21-29(22-24-31)35-17-10-20-39-40(35)37-16-7-8-19-38(37)47-39/h1-27H/i1D,2D,3D,4D,5D,6D,11D,12D,13D,14D. The zero-order valence-electron chi connectivity index (χ0n) is 34.6. The van der Waals surface area contributed by atoms with E-state index < -0.39 is 48.3 Å². The first-order valence-electron chi connectivity index (χ1n) is 19.9. The molecule has 0 fully saturated rings. The number of hydrogen-bond donors (Lipinski definition) is 0. The van der Waals surface area contributed by atoms with Crippen molar-refractivity contribution in [3.8, 4) is 56.4 Å². The van der Waals surface area contributed by atoms with Crippen molar-refractivity contribution >= 4 is 32.7 Å². The predicted octanol–water partition coefficient (Wildman–Crippen LogP) is 11.3. The first kappa shape index (κ1) is 18.5. The van der Waals surface area contributed by atoms with Gasteiger partial charge in [-0.3, -0.25) is 0 Å². The summed E-state index contributed by atoms with van der Waals surface area (Å²) in [5, 5.41) is 3.30. The third-order valence-electron chi connectivity index (χ3n) is 8.13. The number of benzene rings is 7. The molecule has 0 saturated heterocycles. The van der Waals surface area contributed by atoms with Crippen molar-refractivity contribution in [1.82, 2.24) is 15.0 Å². The Hall–Kier alpha value is -6.39. The molecule has 0 N–H and O–H groups in total. The zero-order valence-corrected chi connectivity index (χ0v) is 24.6. The molecule has 0 bridgehead atoms. The van der Waals surface area contributed by atoms with Crippen molar-refractivity contribution in [2.24, 2.45) is 0 Å². The van der Waals surface area contributed by atoms with E-state index in [9.17, 15) is 0 Å². The van der Waals surface area contributed by atoms with Gasteiger partial charge in [-0.05, 0) is 51.2 Å². The van der Waals surface area contributed by atoms with Gasteiger partial charge in [0.15, 0.2) is 17.5 Å². The largest absolute Gasteiger partial charge is 0.456 e. The van der Waals surface area contributed by atoms with E-state index >= 15 is 0 Å². The van der Waals surface area contributed by atoms with Crippen LogP contribution in [-0.2, 0) is 0 Å². The second kappa shape index (κ2) is 11.2. The quantitative estimate of drug-likeness (QED) is 0.194. The summed E-state index contributed by atoms with van der Waals surface area (Å²) in [6.45, 7) is 0. The number of aromatic nitrogens is 3. The Bertz CT molecular complexity index is 3090. The maximum atomic E-state index is 8.72. The third-order valence-corrected chi connectivity index (χ3v) is 8.13. The topological polar surface area (TPSA) is 51.8 Å². The number of fused-ring (bicyclic) bond motifs is 4. The van der Waals surface area contributed by atoms with E-state index in [4.69, 9.17) is 33.1 Å². The lowest BCUT2D eigenvalue weighted by molar-refractivity contribution is 0.669. The Balaban J connectivity index is 1.22. The third kappa shape index (κ3) is 4.84. The highest BCUT2D eigenvalue weighted by Crippen LogP contribution is 2.37. The van der Waals surface area contributed by atoms with Gasteiger partial charge in [0.1, 0.15) is 11.2 Å². The lowest BCUT2D eigenvalue weighted by Gasteiger charge is -2.12. The van der Waals surface area contributed by atoms with Crippen molar-refractivity contribution in [2.45, 2.75) is 0 Å². The van der Waals surface area contributed by atoms with Gasteiger partial charge in [-0.15, -0.1) is 0 Å². The highest BCUT2D eigenvalue weighted by Gasteiger charge is 2.16. The van der Waals surface area contributed by atoms with Gasteiger partial charge in [0.05, 0.1) is 13.7 Å². The monoisotopic (exact) mass is 611 g/mol. The van der Waals surface area contributed by atoms with Crippen LogP contribution in [0.5, 0.6) is 0 Å². The molecule has 0 aliphatic heterocycles. The van der Waals surface area contributed by atoms with E-state index in [1.54, 1.807) is 30.3 Å². The van der Waals surface area contributed by atoms with E-state index in [0.717, 1.165) is 33.1 Å². The predicted molar refractivity (Wildman–Crippen MR) is 192 cm³/mol. The maximum Gasteiger partial charge on any atom is 0.164 e. The number of furan rings is 1. The Morgan fingerprint density at radius 3 is 1.85 bits per heavy atom. The molecule has 9 aromatic rings. The van der Waals surface area contributed by atoms with E-state index in [0.29, 0.717) is 27.5 Å². The minimum Gasteiger partial charge on any atom is -0.456 e. The SMILES string of the molecule is [2H]c1c([2H])c([2H])c(-c2ccc3c(-c4nc(-c5ccc(-c6cccc7oc8ccccc8c67)cc5)nc(-c5c([2H])c([2H])c([2H])c([2H])c5[2H])n4)cccc3c2)c([2H])c1[2H]. The first-order valence-corrected chi connectivity index (χ1v) is 14.9. The van der Waals surface area contributed by atoms with E-state index in [1.807, 2.05) is 72.8 Å². The van der Waals surface area contributed by atoms with Crippen molar-refractivity contribution in [3.63, 3.8) is 0 Å². The number of hydrogen-bond acceptors (Lipinski definition) is 4. The fraction of sp³-hybridized carbons (Fsp3) is 0. The van der Waals surface area contributed by atoms with Crippen LogP contribution in [0.2, 0.25) is 0 Å². The molecule has 0 radical (unpaired) electrons. The summed E-state index contributed by atoms with van der Waals surface area (Å²) in [6.07, 6.45) is 0. The highest BCUT2D eigenvalue weighted by molar-refractivity contribution is 6.12. The Morgan fingerprint density at radius 2 is 1.04 bits per heavy atom. The van der Waals surface area contributed by atoms with Gasteiger partial charge in [0.2, 0.25) is 0 Å². The van der Waals surface area contributed by atoms with Crippen LogP contribution in [0.1, 0.15) is 13.7 Å². The van der Waals surface area contributed by atoms with Gasteiger partial charge in [-0.2, -0.15) is 0 Å². The average Bonchev–Trinajstić information content (AvgIpc) is 3.62. The van der Waals surface area contributed by atoms with Crippen molar-refractivity contribution in [2.75, 3.05) is 0 Å². The van der Waals surface area contributed by atoms with Gasteiger partial charge in [0.25, 0.3) is 0 Å². The van der Waals surface area contributed by atoms with Crippen LogP contribution in [0.25, 0.3) is 89.1 Å². The fourth-order valence-corrected chi connectivity index (χ4v) is 5.94. The number of nitrogens with zero attached hydrogens (tertiary/aromatic N) is 3. The summed E-state index contributed by atoms with van der Waals surface area (Å²) < 4.78 is 89.7. The van der Waals surface area contributed by atoms with Crippen molar-refractivity contribution in [1.29, 1.82) is 0 Å². The molecule has 0 spiro atoms.